The summed E-state index contributed by atoms with van der Waals surface area (Å²) in [6.07, 6.45) is 5.66. The number of hydrogen-bond acceptors (Lipinski definition) is 7. The third kappa shape index (κ3) is 4.62. The molecule has 1 aliphatic heterocycles. The summed E-state index contributed by atoms with van der Waals surface area (Å²) >= 11 is 0. The Labute approximate surface area is 179 Å². The highest BCUT2D eigenvalue weighted by Gasteiger charge is 2.26. The van der Waals surface area contributed by atoms with Crippen molar-refractivity contribution in [2.24, 2.45) is 5.92 Å². The molecule has 1 N–H and O–H groups in total. The molecule has 1 unspecified atom stereocenters. The molecule has 2 aromatic rings. The minimum Gasteiger partial charge on any atom is -0.488 e. The van der Waals surface area contributed by atoms with Crippen molar-refractivity contribution < 1.29 is 14.2 Å². The van der Waals surface area contributed by atoms with Crippen molar-refractivity contribution >= 4 is 16.7 Å². The Kier molecular flexibility index (Phi) is 6.89. The van der Waals surface area contributed by atoms with Crippen molar-refractivity contribution in [1.29, 1.82) is 0 Å². The molecule has 1 saturated heterocycles. The fourth-order valence-corrected chi connectivity index (χ4v) is 4.57. The number of pyridine rings is 2. The van der Waals surface area contributed by atoms with Gasteiger partial charge in [-0.1, -0.05) is 6.92 Å². The molecule has 1 atom stereocenters. The predicted octanol–water partition coefficient (Wildman–Crippen LogP) is 3.30. The Balaban J connectivity index is 1.57. The second-order valence-corrected chi connectivity index (χ2v) is 8.46. The van der Waals surface area contributed by atoms with E-state index in [1.807, 2.05) is 6.07 Å². The van der Waals surface area contributed by atoms with E-state index < -0.39 is 0 Å². The van der Waals surface area contributed by atoms with Gasteiger partial charge in [0.2, 0.25) is 0 Å². The minimum atomic E-state index is 0.520. The van der Waals surface area contributed by atoms with Gasteiger partial charge in [0.25, 0.3) is 5.88 Å². The third-order valence-electron chi connectivity index (χ3n) is 6.05. The summed E-state index contributed by atoms with van der Waals surface area (Å²) in [5, 5.41) is 3.53. The van der Waals surface area contributed by atoms with E-state index in [0.29, 0.717) is 30.8 Å². The molecular formula is C23H34N4O3. The zero-order chi connectivity index (χ0) is 20.9. The van der Waals surface area contributed by atoms with E-state index in [9.17, 15) is 0 Å². The van der Waals surface area contributed by atoms with Gasteiger partial charge in [0.1, 0.15) is 5.52 Å². The van der Waals surface area contributed by atoms with Gasteiger partial charge in [0.05, 0.1) is 31.5 Å². The van der Waals surface area contributed by atoms with Gasteiger partial charge < -0.3 is 24.4 Å². The topological polar surface area (TPSA) is 68.7 Å². The average molecular weight is 415 g/mol. The van der Waals surface area contributed by atoms with Crippen LogP contribution >= 0.6 is 0 Å². The van der Waals surface area contributed by atoms with Gasteiger partial charge in [-0.3, -0.25) is 4.98 Å². The van der Waals surface area contributed by atoms with Crippen LogP contribution in [0.25, 0.3) is 11.0 Å². The van der Waals surface area contributed by atoms with Gasteiger partial charge in [-0.25, -0.2) is 4.98 Å². The first kappa shape index (κ1) is 21.1. The number of fused-ring (bicyclic) bond motifs is 2. The Morgan fingerprint density at radius 3 is 2.73 bits per heavy atom. The summed E-state index contributed by atoms with van der Waals surface area (Å²) in [6.45, 7) is 7.81. The SMILES string of the molecule is COCCNc1c2c(nc3cc(OCCCN4CCCC4)c(OC)nc13)CC(C)C2. The molecule has 0 radical (unpaired) electrons. The molecule has 0 aromatic carbocycles. The van der Waals surface area contributed by atoms with Crippen molar-refractivity contribution in [3.05, 3.63) is 17.3 Å². The predicted molar refractivity (Wildman–Crippen MR) is 119 cm³/mol. The van der Waals surface area contributed by atoms with E-state index in [4.69, 9.17) is 24.2 Å². The largest absolute Gasteiger partial charge is 0.488 e. The van der Waals surface area contributed by atoms with Crippen molar-refractivity contribution in [2.75, 3.05) is 58.9 Å². The number of anilines is 1. The molecule has 1 aliphatic carbocycles. The first-order chi connectivity index (χ1) is 14.7. The first-order valence-electron chi connectivity index (χ1n) is 11.2. The van der Waals surface area contributed by atoms with E-state index >= 15 is 0 Å². The number of likely N-dealkylation sites (tertiary alicyclic amines) is 1. The second kappa shape index (κ2) is 9.79. The molecule has 164 valence electrons. The number of nitrogens with zero attached hydrogens (tertiary/aromatic N) is 3. The Morgan fingerprint density at radius 2 is 1.97 bits per heavy atom. The van der Waals surface area contributed by atoms with Crippen molar-refractivity contribution in [1.82, 2.24) is 14.9 Å². The molecule has 0 bridgehead atoms. The number of aromatic nitrogens is 2. The van der Waals surface area contributed by atoms with E-state index in [1.54, 1.807) is 14.2 Å². The monoisotopic (exact) mass is 414 g/mol. The zero-order valence-electron chi connectivity index (χ0n) is 18.5. The van der Waals surface area contributed by atoms with E-state index in [1.165, 1.54) is 37.2 Å². The number of methoxy groups -OCH3 is 2. The van der Waals surface area contributed by atoms with Crippen molar-refractivity contribution in [2.45, 2.75) is 39.0 Å². The van der Waals surface area contributed by atoms with Crippen LogP contribution in [0.3, 0.4) is 0 Å². The molecule has 3 heterocycles. The Morgan fingerprint density at radius 1 is 1.13 bits per heavy atom. The first-order valence-corrected chi connectivity index (χ1v) is 11.2. The summed E-state index contributed by atoms with van der Waals surface area (Å²) in [4.78, 5) is 12.3. The van der Waals surface area contributed by atoms with Crippen LogP contribution < -0.4 is 14.8 Å². The Bertz CT molecular complexity index is 867. The van der Waals surface area contributed by atoms with E-state index in [2.05, 4.69) is 17.1 Å². The van der Waals surface area contributed by atoms with Gasteiger partial charge >= 0.3 is 0 Å². The maximum atomic E-state index is 6.08. The highest BCUT2D eigenvalue weighted by atomic mass is 16.5. The lowest BCUT2D eigenvalue weighted by molar-refractivity contribution is 0.211. The highest BCUT2D eigenvalue weighted by molar-refractivity contribution is 5.91. The van der Waals surface area contributed by atoms with Crippen LogP contribution in [0.1, 0.15) is 37.4 Å². The zero-order valence-corrected chi connectivity index (χ0v) is 18.5. The molecule has 2 aromatic heterocycles. The number of ether oxygens (including phenoxy) is 3. The van der Waals surface area contributed by atoms with Crippen LogP contribution in [0.5, 0.6) is 11.6 Å². The summed E-state index contributed by atoms with van der Waals surface area (Å²) in [7, 11) is 3.36. The lowest BCUT2D eigenvalue weighted by Crippen LogP contribution is -2.22. The maximum absolute atomic E-state index is 6.08. The van der Waals surface area contributed by atoms with Crippen molar-refractivity contribution in [3.63, 3.8) is 0 Å². The minimum absolute atomic E-state index is 0.520. The van der Waals surface area contributed by atoms with Crippen molar-refractivity contribution in [3.8, 4) is 11.6 Å². The molecule has 2 aliphatic rings. The molecule has 30 heavy (non-hydrogen) atoms. The molecule has 0 amide bonds. The van der Waals surface area contributed by atoms with Crippen LogP contribution in [-0.2, 0) is 17.6 Å². The second-order valence-electron chi connectivity index (χ2n) is 8.46. The van der Waals surface area contributed by atoms with Crippen LogP contribution in [0.15, 0.2) is 6.07 Å². The molecule has 0 spiro atoms. The standard InChI is InChI=1S/C23H34N4O3/c1-16-13-17-18(14-16)25-19-15-20(30-11-6-10-27-8-4-5-9-27)23(29-3)26-22(19)21(17)24-7-12-28-2/h15-16H,4-14H2,1-3H3,(H,24,25). The molecule has 0 saturated carbocycles. The molecular weight excluding hydrogens is 380 g/mol. The molecule has 4 rings (SSSR count). The Hall–Kier alpha value is -2.12. The van der Waals surface area contributed by atoms with E-state index in [0.717, 1.165) is 49.1 Å². The van der Waals surface area contributed by atoms with Crippen LogP contribution in [-0.4, -0.2) is 68.5 Å². The molecule has 7 nitrogen and oxygen atoms in total. The lowest BCUT2D eigenvalue weighted by Gasteiger charge is -2.17. The number of rotatable bonds is 10. The lowest BCUT2D eigenvalue weighted by atomic mass is 10.1. The number of nitrogens with one attached hydrogen (secondary N) is 1. The van der Waals surface area contributed by atoms with Gasteiger partial charge in [-0.2, -0.15) is 0 Å². The van der Waals surface area contributed by atoms with Gasteiger partial charge in [0.15, 0.2) is 5.75 Å². The quantitative estimate of drug-likeness (QED) is 0.598. The number of hydrogen-bond donors (Lipinski definition) is 1. The smallest absolute Gasteiger partial charge is 0.257 e. The van der Waals surface area contributed by atoms with Crippen LogP contribution in [0, 0.1) is 5.92 Å². The third-order valence-corrected chi connectivity index (χ3v) is 6.05. The van der Waals surface area contributed by atoms with Gasteiger partial charge in [-0.05, 0) is 56.7 Å². The highest BCUT2D eigenvalue weighted by Crippen LogP contribution is 2.38. The summed E-state index contributed by atoms with van der Waals surface area (Å²) in [5.41, 5.74) is 5.22. The fraction of sp³-hybridized carbons (Fsp3) is 0.652. The summed E-state index contributed by atoms with van der Waals surface area (Å²) < 4.78 is 16.9. The molecule has 1 fully saturated rings. The average Bonchev–Trinajstić information content (AvgIpc) is 3.39. The maximum Gasteiger partial charge on any atom is 0.257 e. The molecule has 7 heteroatoms. The fourth-order valence-electron chi connectivity index (χ4n) is 4.57. The van der Waals surface area contributed by atoms with Crippen LogP contribution in [0.2, 0.25) is 0 Å². The van der Waals surface area contributed by atoms with Gasteiger partial charge in [0, 0.05) is 32.0 Å². The van der Waals surface area contributed by atoms with Gasteiger partial charge in [-0.15, -0.1) is 0 Å². The normalized spacial score (nSPS) is 18.7. The summed E-state index contributed by atoms with van der Waals surface area (Å²) in [6, 6.07) is 1.99. The van der Waals surface area contributed by atoms with E-state index in [-0.39, 0.29) is 0 Å². The van der Waals surface area contributed by atoms with Crippen LogP contribution in [0.4, 0.5) is 5.69 Å². The summed E-state index contributed by atoms with van der Waals surface area (Å²) in [5.74, 6) is 1.79.